The van der Waals surface area contributed by atoms with Gasteiger partial charge in [0.25, 0.3) is 11.5 Å². The minimum atomic E-state index is -0.354. The lowest BCUT2D eigenvalue weighted by molar-refractivity contribution is 0.0738. The normalized spacial score (nSPS) is 11.2. The topological polar surface area (TPSA) is 80.7 Å². The van der Waals surface area contributed by atoms with Crippen molar-refractivity contribution < 1.29 is 4.79 Å². The minimum Gasteiger partial charge on any atom is -0.341 e. The molecule has 2 aromatic heterocycles. The van der Waals surface area contributed by atoms with Crippen molar-refractivity contribution >= 4 is 24.0 Å². The van der Waals surface area contributed by atoms with E-state index in [4.69, 9.17) is 5.73 Å². The van der Waals surface area contributed by atoms with Gasteiger partial charge in [-0.05, 0) is 36.6 Å². The molecule has 0 bridgehead atoms. The lowest BCUT2D eigenvalue weighted by atomic mass is 9.93. The van der Waals surface area contributed by atoms with Gasteiger partial charge in [0, 0.05) is 26.0 Å². The highest BCUT2D eigenvalue weighted by atomic mass is 35.5. The van der Waals surface area contributed by atoms with E-state index in [0.29, 0.717) is 18.7 Å². The van der Waals surface area contributed by atoms with Gasteiger partial charge < -0.3 is 10.6 Å². The van der Waals surface area contributed by atoms with E-state index in [1.165, 1.54) is 15.5 Å². The Morgan fingerprint density at radius 3 is 2.70 bits per heavy atom. The first-order chi connectivity index (χ1) is 10.2. The average molecular weight is 339 g/mol. The number of pyridine rings is 1. The van der Waals surface area contributed by atoms with Crippen LogP contribution in [-0.4, -0.2) is 40.3 Å². The Hall–Kier alpha value is -1.92. The highest BCUT2D eigenvalue weighted by Crippen LogP contribution is 2.15. The number of nitrogens with two attached hydrogens (primary N) is 1. The Bertz CT molecular complexity index is 770. The number of rotatable bonds is 4. The van der Waals surface area contributed by atoms with E-state index < -0.39 is 0 Å². The third-order valence-electron chi connectivity index (χ3n) is 3.66. The number of hydrogen-bond acceptors (Lipinski definition) is 4. The van der Waals surface area contributed by atoms with Crippen molar-refractivity contribution in [2.45, 2.75) is 20.8 Å². The standard InChI is InChI=1S/C16H22N4O2.ClH/c1-11-5-6-20-13(7-11)18-8-12(15(20)22)14(21)19(4)10-16(2,3)9-17;/h5-8H,9-10,17H2,1-4H3;1H. The number of hydrogen-bond donors (Lipinski definition) is 1. The van der Waals surface area contributed by atoms with Crippen molar-refractivity contribution in [2.75, 3.05) is 20.1 Å². The second-order valence-corrected chi connectivity index (χ2v) is 6.44. The first kappa shape index (κ1) is 19.1. The number of fused-ring (bicyclic) bond motifs is 1. The summed E-state index contributed by atoms with van der Waals surface area (Å²) in [5.41, 5.74) is 6.74. The van der Waals surface area contributed by atoms with E-state index in [2.05, 4.69) is 4.98 Å². The van der Waals surface area contributed by atoms with Gasteiger partial charge in [-0.3, -0.25) is 14.0 Å². The van der Waals surface area contributed by atoms with Gasteiger partial charge in [-0.25, -0.2) is 4.98 Å². The van der Waals surface area contributed by atoms with Crippen LogP contribution in [0.3, 0.4) is 0 Å². The lowest BCUT2D eigenvalue weighted by Gasteiger charge is -2.28. The Balaban J connectivity index is 0.00000264. The number of halogens is 1. The van der Waals surface area contributed by atoms with E-state index >= 15 is 0 Å². The Morgan fingerprint density at radius 2 is 2.09 bits per heavy atom. The Morgan fingerprint density at radius 1 is 1.43 bits per heavy atom. The van der Waals surface area contributed by atoms with E-state index in [-0.39, 0.29) is 34.9 Å². The van der Waals surface area contributed by atoms with Gasteiger partial charge in [-0.1, -0.05) is 13.8 Å². The lowest BCUT2D eigenvalue weighted by Crippen LogP contribution is -2.41. The van der Waals surface area contributed by atoms with Crippen LogP contribution in [-0.2, 0) is 0 Å². The summed E-state index contributed by atoms with van der Waals surface area (Å²) in [6.45, 7) is 6.81. The van der Waals surface area contributed by atoms with Crippen LogP contribution in [0, 0.1) is 12.3 Å². The summed E-state index contributed by atoms with van der Waals surface area (Å²) >= 11 is 0. The third kappa shape index (κ3) is 4.09. The second kappa shape index (κ2) is 7.10. The molecule has 2 heterocycles. The van der Waals surface area contributed by atoms with Gasteiger partial charge in [0.2, 0.25) is 0 Å². The molecular formula is C16H23ClN4O2. The maximum absolute atomic E-state index is 12.5. The zero-order valence-electron chi connectivity index (χ0n) is 13.9. The predicted molar refractivity (Wildman–Crippen MR) is 93.2 cm³/mol. The molecule has 0 spiro atoms. The fourth-order valence-corrected chi connectivity index (χ4v) is 2.31. The summed E-state index contributed by atoms with van der Waals surface area (Å²) in [6, 6.07) is 3.61. The second-order valence-electron chi connectivity index (χ2n) is 6.44. The molecule has 7 heteroatoms. The van der Waals surface area contributed by atoms with Gasteiger partial charge >= 0.3 is 0 Å². The van der Waals surface area contributed by atoms with Crippen molar-refractivity contribution in [1.82, 2.24) is 14.3 Å². The van der Waals surface area contributed by atoms with Crippen molar-refractivity contribution in [3.63, 3.8) is 0 Å². The predicted octanol–water partition coefficient (Wildman–Crippen LogP) is 1.48. The monoisotopic (exact) mass is 338 g/mol. The van der Waals surface area contributed by atoms with Gasteiger partial charge in [0.15, 0.2) is 0 Å². The molecule has 0 saturated heterocycles. The van der Waals surface area contributed by atoms with Crippen molar-refractivity contribution in [3.8, 4) is 0 Å². The van der Waals surface area contributed by atoms with Crippen molar-refractivity contribution in [2.24, 2.45) is 11.1 Å². The van der Waals surface area contributed by atoms with Crippen LogP contribution >= 0.6 is 12.4 Å². The fraction of sp³-hybridized carbons (Fsp3) is 0.438. The number of amides is 1. The van der Waals surface area contributed by atoms with Gasteiger partial charge in [-0.2, -0.15) is 0 Å². The smallest absolute Gasteiger partial charge is 0.270 e. The molecule has 2 aromatic rings. The van der Waals surface area contributed by atoms with Crippen LogP contribution < -0.4 is 11.3 Å². The number of nitrogens with zero attached hydrogens (tertiary/aromatic N) is 3. The van der Waals surface area contributed by atoms with E-state index in [1.807, 2.05) is 26.8 Å². The van der Waals surface area contributed by atoms with Crippen LogP contribution in [0.25, 0.3) is 5.65 Å². The van der Waals surface area contributed by atoms with Crippen LogP contribution in [0.4, 0.5) is 0 Å². The summed E-state index contributed by atoms with van der Waals surface area (Å²) < 4.78 is 1.39. The maximum Gasteiger partial charge on any atom is 0.270 e. The molecule has 0 saturated carbocycles. The average Bonchev–Trinajstić information content (AvgIpc) is 2.46. The zero-order chi connectivity index (χ0) is 16.5. The molecule has 0 atom stereocenters. The largest absolute Gasteiger partial charge is 0.341 e. The summed E-state index contributed by atoms with van der Waals surface area (Å²) in [5, 5.41) is 0. The van der Waals surface area contributed by atoms with Crippen molar-refractivity contribution in [1.29, 1.82) is 0 Å². The number of carbonyl (C=O) groups excluding carboxylic acids is 1. The van der Waals surface area contributed by atoms with Crippen LogP contribution in [0.2, 0.25) is 0 Å². The summed E-state index contributed by atoms with van der Waals surface area (Å²) in [5.74, 6) is -0.339. The molecule has 2 N–H and O–H groups in total. The SMILES string of the molecule is Cc1ccn2c(=O)c(C(=O)N(C)CC(C)(C)CN)cnc2c1.Cl. The van der Waals surface area contributed by atoms with Gasteiger partial charge in [0.1, 0.15) is 11.2 Å². The molecule has 0 aliphatic rings. The molecule has 0 fully saturated rings. The van der Waals surface area contributed by atoms with Crippen molar-refractivity contribution in [3.05, 3.63) is 46.0 Å². The number of aromatic nitrogens is 2. The van der Waals surface area contributed by atoms with Gasteiger partial charge in [-0.15, -0.1) is 12.4 Å². The first-order valence-electron chi connectivity index (χ1n) is 7.19. The molecule has 6 nitrogen and oxygen atoms in total. The third-order valence-corrected chi connectivity index (χ3v) is 3.66. The molecule has 0 aliphatic heterocycles. The van der Waals surface area contributed by atoms with Crippen LogP contribution in [0.1, 0.15) is 29.8 Å². The molecule has 126 valence electrons. The first-order valence-corrected chi connectivity index (χ1v) is 7.19. The number of aryl methyl sites for hydroxylation is 1. The molecule has 0 radical (unpaired) electrons. The van der Waals surface area contributed by atoms with E-state index in [9.17, 15) is 9.59 Å². The molecule has 1 amide bonds. The van der Waals surface area contributed by atoms with E-state index in [1.54, 1.807) is 19.3 Å². The zero-order valence-corrected chi connectivity index (χ0v) is 14.7. The molecular weight excluding hydrogens is 316 g/mol. The molecule has 0 aliphatic carbocycles. The quantitative estimate of drug-likeness (QED) is 0.915. The minimum absolute atomic E-state index is 0. The molecule has 0 unspecified atom stereocenters. The molecule has 2 rings (SSSR count). The maximum atomic E-state index is 12.5. The Kier molecular flexibility index (Phi) is 5.91. The van der Waals surface area contributed by atoms with Crippen LogP contribution in [0.15, 0.2) is 29.3 Å². The molecule has 23 heavy (non-hydrogen) atoms. The molecule has 0 aromatic carbocycles. The van der Waals surface area contributed by atoms with E-state index in [0.717, 1.165) is 5.56 Å². The fourth-order valence-electron chi connectivity index (χ4n) is 2.31. The Labute approximate surface area is 141 Å². The highest BCUT2D eigenvalue weighted by Gasteiger charge is 2.24. The summed E-state index contributed by atoms with van der Waals surface area (Å²) in [6.07, 6.45) is 2.99. The number of carbonyl (C=O) groups is 1. The highest BCUT2D eigenvalue weighted by molar-refractivity contribution is 5.93. The summed E-state index contributed by atoms with van der Waals surface area (Å²) in [7, 11) is 1.67. The van der Waals surface area contributed by atoms with Crippen LogP contribution in [0.5, 0.6) is 0 Å². The summed E-state index contributed by atoms with van der Waals surface area (Å²) in [4.78, 5) is 30.7. The van der Waals surface area contributed by atoms with Gasteiger partial charge in [0.05, 0.1) is 0 Å².